The molecule has 0 aliphatic carbocycles. The van der Waals surface area contributed by atoms with Crippen molar-refractivity contribution in [3.63, 3.8) is 0 Å². The molecule has 0 aliphatic heterocycles. The summed E-state index contributed by atoms with van der Waals surface area (Å²) in [5.41, 5.74) is 2.74. The molecule has 19 heavy (non-hydrogen) atoms. The van der Waals surface area contributed by atoms with Crippen molar-refractivity contribution < 1.29 is 4.74 Å². The molecule has 1 rings (SSSR count). The first-order chi connectivity index (χ1) is 9.10. The molecule has 1 aromatic carbocycles. The predicted octanol–water partition coefficient (Wildman–Crippen LogP) is 4.47. The molecule has 1 N–H and O–H groups in total. The molecule has 0 spiro atoms. The molecule has 0 saturated carbocycles. The van der Waals surface area contributed by atoms with Crippen molar-refractivity contribution in [2.24, 2.45) is 5.92 Å². The average molecular weight is 328 g/mol. The third-order valence-electron chi connectivity index (χ3n) is 3.54. The summed E-state index contributed by atoms with van der Waals surface area (Å²) in [6, 6.07) is 6.93. The first-order valence-corrected chi connectivity index (χ1v) is 7.87. The summed E-state index contributed by atoms with van der Waals surface area (Å²) in [5, 5.41) is 3.69. The van der Waals surface area contributed by atoms with Gasteiger partial charge >= 0.3 is 0 Å². The van der Waals surface area contributed by atoms with Gasteiger partial charge in [-0.1, -0.05) is 35.8 Å². The lowest BCUT2D eigenvalue weighted by molar-refractivity contribution is 0.170. The van der Waals surface area contributed by atoms with Gasteiger partial charge in [0, 0.05) is 24.2 Å². The van der Waals surface area contributed by atoms with Crippen LogP contribution in [0.4, 0.5) is 0 Å². The zero-order valence-corrected chi connectivity index (χ0v) is 14.1. The quantitative estimate of drug-likeness (QED) is 0.760. The molecule has 108 valence electrons. The highest BCUT2D eigenvalue weighted by Crippen LogP contribution is 2.29. The van der Waals surface area contributed by atoms with Crippen molar-refractivity contribution in [1.82, 2.24) is 5.32 Å². The lowest BCUT2D eigenvalue weighted by Crippen LogP contribution is -2.29. The zero-order chi connectivity index (χ0) is 14.3. The van der Waals surface area contributed by atoms with Crippen LogP contribution in [-0.2, 0) is 4.74 Å². The van der Waals surface area contributed by atoms with Crippen LogP contribution >= 0.6 is 15.9 Å². The fourth-order valence-corrected chi connectivity index (χ4v) is 2.71. The Balaban J connectivity index is 2.91. The Kier molecular flexibility index (Phi) is 7.66. The van der Waals surface area contributed by atoms with Crippen LogP contribution in [0.3, 0.4) is 0 Å². The van der Waals surface area contributed by atoms with Crippen molar-refractivity contribution in [2.45, 2.75) is 39.7 Å². The maximum absolute atomic E-state index is 5.22. The van der Waals surface area contributed by atoms with Gasteiger partial charge in [0.05, 0.1) is 0 Å². The van der Waals surface area contributed by atoms with E-state index in [1.165, 1.54) is 11.1 Å². The SMILES string of the molecule is CCCNC(c1cc(Br)ccc1C)C(C)CCOC. The number of benzene rings is 1. The van der Waals surface area contributed by atoms with Crippen LogP contribution in [0.1, 0.15) is 43.9 Å². The monoisotopic (exact) mass is 327 g/mol. The minimum absolute atomic E-state index is 0.396. The Labute approximate surface area is 126 Å². The van der Waals surface area contributed by atoms with E-state index < -0.39 is 0 Å². The van der Waals surface area contributed by atoms with Crippen molar-refractivity contribution in [3.8, 4) is 0 Å². The maximum Gasteiger partial charge on any atom is 0.0465 e. The molecule has 0 aliphatic rings. The van der Waals surface area contributed by atoms with Gasteiger partial charge in [-0.25, -0.2) is 0 Å². The zero-order valence-electron chi connectivity index (χ0n) is 12.5. The molecule has 0 saturated heterocycles. The smallest absolute Gasteiger partial charge is 0.0465 e. The Bertz CT molecular complexity index is 381. The summed E-state index contributed by atoms with van der Waals surface area (Å²) in [6.07, 6.45) is 2.23. The summed E-state index contributed by atoms with van der Waals surface area (Å²) in [7, 11) is 1.77. The van der Waals surface area contributed by atoms with Gasteiger partial charge in [-0.05, 0) is 55.5 Å². The van der Waals surface area contributed by atoms with Crippen LogP contribution < -0.4 is 5.32 Å². The molecular formula is C16H26BrNO. The fraction of sp³-hybridized carbons (Fsp3) is 0.625. The van der Waals surface area contributed by atoms with Crippen molar-refractivity contribution in [3.05, 3.63) is 33.8 Å². The Morgan fingerprint density at radius 2 is 2.11 bits per heavy atom. The van der Waals surface area contributed by atoms with Crippen LogP contribution in [0.15, 0.2) is 22.7 Å². The van der Waals surface area contributed by atoms with Gasteiger partial charge in [-0.3, -0.25) is 0 Å². The van der Waals surface area contributed by atoms with Gasteiger partial charge < -0.3 is 10.1 Å². The molecule has 2 nitrogen and oxygen atoms in total. The van der Waals surface area contributed by atoms with Gasteiger partial charge in [0.1, 0.15) is 0 Å². The number of aryl methyl sites for hydroxylation is 1. The lowest BCUT2D eigenvalue weighted by Gasteiger charge is -2.27. The van der Waals surface area contributed by atoms with E-state index in [4.69, 9.17) is 4.74 Å². The molecule has 0 bridgehead atoms. The van der Waals surface area contributed by atoms with Crippen molar-refractivity contribution in [2.75, 3.05) is 20.3 Å². The second kappa shape index (κ2) is 8.72. The molecule has 0 aromatic heterocycles. The number of methoxy groups -OCH3 is 1. The van der Waals surface area contributed by atoms with E-state index in [1.54, 1.807) is 7.11 Å². The largest absolute Gasteiger partial charge is 0.385 e. The second-order valence-corrected chi connectivity index (χ2v) is 6.11. The molecule has 0 amide bonds. The first-order valence-electron chi connectivity index (χ1n) is 7.08. The number of ether oxygens (including phenoxy) is 1. The van der Waals surface area contributed by atoms with Crippen LogP contribution in [0.2, 0.25) is 0 Å². The van der Waals surface area contributed by atoms with Crippen LogP contribution in [0, 0.1) is 12.8 Å². The van der Waals surface area contributed by atoms with Crippen LogP contribution in [0.25, 0.3) is 0 Å². The third-order valence-corrected chi connectivity index (χ3v) is 4.03. The van der Waals surface area contributed by atoms with Crippen molar-refractivity contribution in [1.29, 1.82) is 0 Å². The number of rotatable bonds is 8. The minimum Gasteiger partial charge on any atom is -0.385 e. The van der Waals surface area contributed by atoms with Gasteiger partial charge in [0.15, 0.2) is 0 Å². The lowest BCUT2D eigenvalue weighted by atomic mass is 9.89. The normalized spacial score (nSPS) is 14.4. The maximum atomic E-state index is 5.22. The third kappa shape index (κ3) is 5.25. The Morgan fingerprint density at radius 3 is 2.74 bits per heavy atom. The summed E-state index contributed by atoms with van der Waals surface area (Å²) < 4.78 is 6.37. The first kappa shape index (κ1) is 16.7. The molecule has 2 unspecified atom stereocenters. The summed E-state index contributed by atoms with van der Waals surface area (Å²) >= 11 is 3.58. The number of hydrogen-bond acceptors (Lipinski definition) is 2. The molecule has 0 fully saturated rings. The Hall–Kier alpha value is -0.380. The predicted molar refractivity (Wildman–Crippen MR) is 85.6 cm³/mol. The summed E-state index contributed by atoms with van der Waals surface area (Å²) in [5.74, 6) is 0.555. The fourth-order valence-electron chi connectivity index (χ4n) is 2.33. The topological polar surface area (TPSA) is 21.3 Å². The standard InChI is InChI=1S/C16H26BrNO/c1-5-9-18-16(13(3)8-10-19-4)15-11-14(17)7-6-12(15)2/h6-7,11,13,16,18H,5,8-10H2,1-4H3. The van der Waals surface area contributed by atoms with Crippen LogP contribution in [0.5, 0.6) is 0 Å². The van der Waals surface area contributed by atoms with Gasteiger partial charge in [-0.15, -0.1) is 0 Å². The molecule has 0 radical (unpaired) electrons. The number of nitrogens with one attached hydrogen (secondary N) is 1. The molecule has 3 heteroatoms. The molecule has 2 atom stereocenters. The molecule has 0 heterocycles. The van der Waals surface area contributed by atoms with E-state index >= 15 is 0 Å². The summed E-state index contributed by atoms with van der Waals surface area (Å²) in [4.78, 5) is 0. The van der Waals surface area contributed by atoms with Gasteiger partial charge in [0.25, 0.3) is 0 Å². The highest BCUT2D eigenvalue weighted by Gasteiger charge is 2.20. The minimum atomic E-state index is 0.396. The van der Waals surface area contributed by atoms with Gasteiger partial charge in [0.2, 0.25) is 0 Å². The van der Waals surface area contributed by atoms with E-state index in [0.29, 0.717) is 12.0 Å². The number of hydrogen-bond donors (Lipinski definition) is 1. The average Bonchev–Trinajstić information content (AvgIpc) is 2.40. The summed E-state index contributed by atoms with van der Waals surface area (Å²) in [6.45, 7) is 8.56. The number of halogens is 1. The van der Waals surface area contributed by atoms with Crippen LogP contribution in [-0.4, -0.2) is 20.3 Å². The van der Waals surface area contributed by atoms with E-state index in [0.717, 1.165) is 30.5 Å². The van der Waals surface area contributed by atoms with E-state index in [2.05, 4.69) is 60.2 Å². The second-order valence-electron chi connectivity index (χ2n) is 5.19. The highest BCUT2D eigenvalue weighted by atomic mass is 79.9. The highest BCUT2D eigenvalue weighted by molar-refractivity contribution is 9.10. The molecular weight excluding hydrogens is 302 g/mol. The molecule has 1 aromatic rings. The van der Waals surface area contributed by atoms with Gasteiger partial charge in [-0.2, -0.15) is 0 Å². The van der Waals surface area contributed by atoms with E-state index in [9.17, 15) is 0 Å². The van der Waals surface area contributed by atoms with E-state index in [-0.39, 0.29) is 0 Å². The van der Waals surface area contributed by atoms with Crippen molar-refractivity contribution >= 4 is 15.9 Å². The Morgan fingerprint density at radius 1 is 1.37 bits per heavy atom. The van der Waals surface area contributed by atoms with E-state index in [1.807, 2.05) is 0 Å².